The molecular weight excluding hydrogens is 375 g/mol. The Morgan fingerprint density at radius 1 is 1.25 bits per heavy atom. The van der Waals surface area contributed by atoms with E-state index < -0.39 is 0 Å². The van der Waals surface area contributed by atoms with Crippen LogP contribution in [0.15, 0.2) is 30.3 Å². The predicted octanol–water partition coefficient (Wildman–Crippen LogP) is 6.47. The molecule has 4 atom stereocenters. The minimum absolute atomic E-state index is 0.319. The normalized spacial score (nSPS) is 28.6. The molecule has 0 radical (unpaired) electrons. The van der Waals surface area contributed by atoms with Gasteiger partial charge in [0.1, 0.15) is 0 Å². The first-order valence-electron chi connectivity index (χ1n) is 6.83. The number of halogens is 3. The first-order chi connectivity index (χ1) is 9.66. The van der Waals surface area contributed by atoms with Crippen molar-refractivity contribution < 1.29 is 0 Å². The summed E-state index contributed by atoms with van der Waals surface area (Å²) in [4.78, 5) is 0.319. The van der Waals surface area contributed by atoms with Crippen LogP contribution < -0.4 is 0 Å². The second-order valence-electron chi connectivity index (χ2n) is 5.69. The van der Waals surface area contributed by atoms with Gasteiger partial charge in [-0.3, -0.25) is 0 Å². The Morgan fingerprint density at radius 2 is 2.05 bits per heavy atom. The van der Waals surface area contributed by atoms with Gasteiger partial charge in [0.25, 0.3) is 0 Å². The lowest BCUT2D eigenvalue weighted by Gasteiger charge is -2.13. The average Bonchev–Trinajstić information content (AvgIpc) is 3.09. The molecule has 0 aliphatic heterocycles. The highest BCUT2D eigenvalue weighted by Gasteiger charge is 2.56. The van der Waals surface area contributed by atoms with Crippen molar-refractivity contribution in [1.82, 2.24) is 0 Å². The fraction of sp³-hybridized carbons (Fsp3) is 0.375. The van der Waals surface area contributed by atoms with E-state index in [2.05, 4.69) is 40.2 Å². The first-order valence-corrected chi connectivity index (χ1v) is 9.32. The van der Waals surface area contributed by atoms with Crippen LogP contribution in [0.5, 0.6) is 0 Å². The molecule has 4 heteroatoms. The highest BCUT2D eigenvalue weighted by molar-refractivity contribution is 9.09. The van der Waals surface area contributed by atoms with Gasteiger partial charge in [0, 0.05) is 4.83 Å². The van der Waals surface area contributed by atoms with Gasteiger partial charge in [-0.25, -0.2) is 0 Å². The van der Waals surface area contributed by atoms with E-state index in [1.807, 2.05) is 6.07 Å². The zero-order valence-corrected chi connectivity index (χ0v) is 14.6. The Kier molecular flexibility index (Phi) is 3.42. The van der Waals surface area contributed by atoms with E-state index in [0.717, 1.165) is 14.6 Å². The summed E-state index contributed by atoms with van der Waals surface area (Å²) >= 11 is 17.7. The SMILES string of the molecule is Clc1cc(C(Br)C2C3CCc4ccccc4C32)c(Cl)s1. The van der Waals surface area contributed by atoms with Crippen LogP contribution in [0.2, 0.25) is 8.67 Å². The monoisotopic (exact) mass is 386 g/mol. The number of aryl methyl sites for hydroxylation is 1. The minimum Gasteiger partial charge on any atom is -0.111 e. The molecule has 2 aliphatic rings. The summed E-state index contributed by atoms with van der Waals surface area (Å²) in [5, 5.41) is 0. The Labute approximate surface area is 141 Å². The topological polar surface area (TPSA) is 0 Å². The summed E-state index contributed by atoms with van der Waals surface area (Å²) in [5.74, 6) is 2.14. The third kappa shape index (κ3) is 2.08. The lowest BCUT2D eigenvalue weighted by molar-refractivity contribution is 0.628. The Morgan fingerprint density at radius 3 is 2.80 bits per heavy atom. The highest BCUT2D eigenvalue weighted by atomic mass is 79.9. The number of rotatable bonds is 2. The van der Waals surface area contributed by atoms with E-state index in [9.17, 15) is 0 Å². The zero-order valence-electron chi connectivity index (χ0n) is 10.7. The van der Waals surface area contributed by atoms with Crippen LogP contribution in [0, 0.1) is 11.8 Å². The molecule has 0 spiro atoms. The van der Waals surface area contributed by atoms with Crippen LogP contribution in [-0.4, -0.2) is 0 Å². The summed E-state index contributed by atoms with van der Waals surface area (Å²) in [5.41, 5.74) is 4.25. The number of hydrogen-bond acceptors (Lipinski definition) is 1. The van der Waals surface area contributed by atoms with Gasteiger partial charge >= 0.3 is 0 Å². The van der Waals surface area contributed by atoms with Crippen LogP contribution in [0.3, 0.4) is 0 Å². The van der Waals surface area contributed by atoms with E-state index in [4.69, 9.17) is 23.2 Å². The molecule has 104 valence electrons. The molecule has 0 amide bonds. The first kappa shape index (κ1) is 13.6. The number of benzene rings is 1. The van der Waals surface area contributed by atoms with Gasteiger partial charge in [0.05, 0.1) is 8.67 Å². The van der Waals surface area contributed by atoms with Crippen molar-refractivity contribution in [2.75, 3.05) is 0 Å². The summed E-state index contributed by atoms with van der Waals surface area (Å²) in [6.07, 6.45) is 2.51. The highest BCUT2D eigenvalue weighted by Crippen LogP contribution is 2.67. The fourth-order valence-electron chi connectivity index (χ4n) is 3.77. The second-order valence-corrected chi connectivity index (χ2v) is 8.96. The summed E-state index contributed by atoms with van der Waals surface area (Å²) < 4.78 is 1.60. The van der Waals surface area contributed by atoms with Crippen molar-refractivity contribution in [1.29, 1.82) is 0 Å². The molecule has 4 unspecified atom stereocenters. The number of thiophene rings is 1. The van der Waals surface area contributed by atoms with Gasteiger partial charge in [-0.05, 0) is 53.4 Å². The molecule has 1 aromatic heterocycles. The Hall–Kier alpha value is -0.0200. The molecule has 1 fully saturated rings. The van der Waals surface area contributed by atoms with Crippen molar-refractivity contribution in [2.45, 2.75) is 23.6 Å². The molecule has 4 rings (SSSR count). The van der Waals surface area contributed by atoms with E-state index in [1.165, 1.54) is 35.3 Å². The third-order valence-corrected chi connectivity index (χ3v) is 7.33. The molecule has 0 N–H and O–H groups in total. The fourth-order valence-corrected chi connectivity index (χ4v) is 6.68. The molecular formula is C16H13BrCl2S. The maximum absolute atomic E-state index is 6.31. The Bertz CT molecular complexity index is 666. The van der Waals surface area contributed by atoms with Gasteiger partial charge in [0.2, 0.25) is 0 Å². The maximum atomic E-state index is 6.31. The molecule has 0 bridgehead atoms. The van der Waals surface area contributed by atoms with Crippen LogP contribution >= 0.6 is 50.5 Å². The second kappa shape index (κ2) is 5.01. The van der Waals surface area contributed by atoms with E-state index in [1.54, 1.807) is 5.56 Å². The molecule has 20 heavy (non-hydrogen) atoms. The average molecular weight is 388 g/mol. The van der Waals surface area contributed by atoms with Crippen LogP contribution in [0.25, 0.3) is 0 Å². The minimum atomic E-state index is 0.319. The van der Waals surface area contributed by atoms with E-state index >= 15 is 0 Å². The molecule has 2 aromatic rings. The molecule has 1 saturated carbocycles. The lowest BCUT2D eigenvalue weighted by Crippen LogP contribution is -2.00. The van der Waals surface area contributed by atoms with Gasteiger partial charge in [-0.2, -0.15) is 0 Å². The Balaban J connectivity index is 1.65. The zero-order chi connectivity index (χ0) is 13.9. The quantitative estimate of drug-likeness (QED) is 0.518. The molecule has 0 nitrogen and oxygen atoms in total. The number of hydrogen-bond donors (Lipinski definition) is 0. The van der Waals surface area contributed by atoms with Crippen LogP contribution in [0.4, 0.5) is 0 Å². The van der Waals surface area contributed by atoms with E-state index in [-0.39, 0.29) is 0 Å². The maximum Gasteiger partial charge on any atom is 0.0987 e. The van der Waals surface area contributed by atoms with Gasteiger partial charge in [0.15, 0.2) is 0 Å². The molecule has 1 heterocycles. The van der Waals surface area contributed by atoms with Crippen LogP contribution in [0.1, 0.15) is 33.9 Å². The van der Waals surface area contributed by atoms with Gasteiger partial charge < -0.3 is 0 Å². The van der Waals surface area contributed by atoms with Gasteiger partial charge in [-0.15, -0.1) is 11.3 Å². The smallest absolute Gasteiger partial charge is 0.0987 e. The van der Waals surface area contributed by atoms with Crippen molar-refractivity contribution in [3.05, 3.63) is 55.7 Å². The van der Waals surface area contributed by atoms with Gasteiger partial charge in [-0.1, -0.05) is 63.4 Å². The summed E-state index contributed by atoms with van der Waals surface area (Å²) in [6.45, 7) is 0. The molecule has 2 aliphatic carbocycles. The summed E-state index contributed by atoms with van der Waals surface area (Å²) in [7, 11) is 0. The number of alkyl halides is 1. The predicted molar refractivity (Wildman–Crippen MR) is 90.5 cm³/mol. The molecule has 1 aromatic carbocycles. The van der Waals surface area contributed by atoms with E-state index in [0.29, 0.717) is 16.7 Å². The van der Waals surface area contributed by atoms with Crippen molar-refractivity contribution in [3.63, 3.8) is 0 Å². The summed E-state index contributed by atoms with van der Waals surface area (Å²) in [6, 6.07) is 10.9. The molecule has 0 saturated heterocycles. The van der Waals surface area contributed by atoms with Crippen LogP contribution in [-0.2, 0) is 6.42 Å². The van der Waals surface area contributed by atoms with Crippen molar-refractivity contribution >= 4 is 50.5 Å². The van der Waals surface area contributed by atoms with Crippen molar-refractivity contribution in [2.24, 2.45) is 11.8 Å². The number of fused-ring (bicyclic) bond motifs is 3. The standard InChI is InChI=1S/C16H13BrCl2S/c17-15(11-7-12(18)20-16(11)19)14-10-6-5-8-3-1-2-4-9(8)13(10)14/h1-4,7,10,13-15H,5-6H2. The van der Waals surface area contributed by atoms with Crippen molar-refractivity contribution in [3.8, 4) is 0 Å². The largest absolute Gasteiger partial charge is 0.111 e. The third-order valence-electron chi connectivity index (χ3n) is 4.71. The lowest BCUT2D eigenvalue weighted by atomic mass is 9.92.